The molecule has 1 aliphatic carbocycles. The quantitative estimate of drug-likeness (QED) is 0.519. The molecule has 1 aromatic rings. The van der Waals surface area contributed by atoms with Crippen LogP contribution >= 0.6 is 15.9 Å². The number of halogens is 1. The fourth-order valence-corrected chi connectivity index (χ4v) is 3.23. The van der Waals surface area contributed by atoms with E-state index in [1.807, 2.05) is 0 Å². The molecule has 0 bridgehead atoms. The van der Waals surface area contributed by atoms with E-state index in [4.69, 9.17) is 0 Å². The van der Waals surface area contributed by atoms with Crippen molar-refractivity contribution in [3.8, 4) is 0 Å². The van der Waals surface area contributed by atoms with Crippen LogP contribution in [-0.4, -0.2) is 22.2 Å². The van der Waals surface area contributed by atoms with Gasteiger partial charge in [-0.2, -0.15) is 0 Å². The van der Waals surface area contributed by atoms with E-state index in [2.05, 4.69) is 21.2 Å². The number of alkyl halides is 1. The summed E-state index contributed by atoms with van der Waals surface area (Å²) in [6, 6.07) is 5.67. The molecule has 1 N–H and O–H groups in total. The number of nitrogens with zero attached hydrogens (tertiary/aromatic N) is 1. The highest BCUT2D eigenvalue weighted by molar-refractivity contribution is 9.09. The summed E-state index contributed by atoms with van der Waals surface area (Å²) in [5.41, 5.74) is 0.451. The van der Waals surface area contributed by atoms with Gasteiger partial charge in [0.15, 0.2) is 0 Å². The molecule has 2 atom stereocenters. The molecule has 2 rings (SSSR count). The van der Waals surface area contributed by atoms with Crippen LogP contribution in [0.1, 0.15) is 36.0 Å². The lowest BCUT2D eigenvalue weighted by Gasteiger charge is -2.27. The lowest BCUT2D eigenvalue weighted by Crippen LogP contribution is -2.34. The second kappa shape index (κ2) is 6.83. The number of nitro groups is 1. The normalized spacial score (nSPS) is 22.2. The first kappa shape index (κ1) is 15.0. The van der Waals surface area contributed by atoms with Crippen molar-refractivity contribution in [3.63, 3.8) is 0 Å². The van der Waals surface area contributed by atoms with Gasteiger partial charge in [-0.15, -0.1) is 0 Å². The van der Waals surface area contributed by atoms with Crippen molar-refractivity contribution in [3.05, 3.63) is 39.9 Å². The number of nitro benzene ring substituents is 1. The summed E-state index contributed by atoms with van der Waals surface area (Å²) in [6.07, 6.45) is 4.72. The average molecular weight is 341 g/mol. The molecular formula is C14H17BrN2O3. The van der Waals surface area contributed by atoms with Crippen molar-refractivity contribution >= 4 is 27.5 Å². The first-order chi connectivity index (χ1) is 9.58. The molecular weight excluding hydrogens is 324 g/mol. The molecule has 0 saturated heterocycles. The molecule has 0 heterocycles. The predicted molar refractivity (Wildman–Crippen MR) is 80.1 cm³/mol. The molecule has 6 heteroatoms. The van der Waals surface area contributed by atoms with Gasteiger partial charge in [0.1, 0.15) is 0 Å². The third kappa shape index (κ3) is 3.79. The fraction of sp³-hybridized carbons (Fsp3) is 0.500. The zero-order valence-electron chi connectivity index (χ0n) is 11.0. The Kier molecular flexibility index (Phi) is 5.11. The first-order valence-corrected chi connectivity index (χ1v) is 7.66. The number of nitrogens with one attached hydrogen (secondary N) is 1. The van der Waals surface area contributed by atoms with Gasteiger partial charge in [0.05, 0.1) is 4.92 Å². The summed E-state index contributed by atoms with van der Waals surface area (Å²) < 4.78 is 0. The average Bonchev–Trinajstić information content (AvgIpc) is 2.46. The summed E-state index contributed by atoms with van der Waals surface area (Å²) in [5.74, 6) is 0.288. The Morgan fingerprint density at radius 1 is 1.30 bits per heavy atom. The minimum Gasteiger partial charge on any atom is -0.352 e. The minimum atomic E-state index is -0.473. The van der Waals surface area contributed by atoms with Gasteiger partial charge >= 0.3 is 0 Å². The largest absolute Gasteiger partial charge is 0.352 e. The smallest absolute Gasteiger partial charge is 0.269 e. The van der Waals surface area contributed by atoms with Crippen molar-refractivity contribution in [2.75, 3.05) is 6.54 Å². The maximum Gasteiger partial charge on any atom is 0.269 e. The van der Waals surface area contributed by atoms with Crippen LogP contribution in [0.15, 0.2) is 24.3 Å². The summed E-state index contributed by atoms with van der Waals surface area (Å²) in [4.78, 5) is 22.5. The number of rotatable bonds is 4. The van der Waals surface area contributed by atoms with E-state index in [9.17, 15) is 14.9 Å². The molecule has 5 nitrogen and oxygen atoms in total. The van der Waals surface area contributed by atoms with Crippen LogP contribution in [-0.2, 0) is 0 Å². The SMILES string of the molecule is O=C(NCC1CCCCC1Br)c1ccc([N+](=O)[O-])cc1. The van der Waals surface area contributed by atoms with E-state index in [1.165, 1.54) is 37.1 Å². The maximum absolute atomic E-state index is 12.0. The Morgan fingerprint density at radius 2 is 1.95 bits per heavy atom. The van der Waals surface area contributed by atoms with Crippen molar-refractivity contribution in [2.24, 2.45) is 5.92 Å². The predicted octanol–water partition coefficient (Wildman–Crippen LogP) is 3.28. The van der Waals surface area contributed by atoms with Gasteiger partial charge in [0, 0.05) is 29.1 Å². The molecule has 0 aromatic heterocycles. The van der Waals surface area contributed by atoms with Gasteiger partial charge in [-0.3, -0.25) is 14.9 Å². The van der Waals surface area contributed by atoms with Gasteiger partial charge < -0.3 is 5.32 Å². The molecule has 20 heavy (non-hydrogen) atoms. The molecule has 0 aliphatic heterocycles. The Labute approximate surface area is 126 Å². The molecule has 0 spiro atoms. The Balaban J connectivity index is 1.89. The molecule has 1 aliphatic rings. The number of non-ortho nitro benzene ring substituents is 1. The monoisotopic (exact) mass is 340 g/mol. The molecule has 0 radical (unpaired) electrons. The van der Waals surface area contributed by atoms with E-state index in [-0.39, 0.29) is 11.6 Å². The van der Waals surface area contributed by atoms with Crippen LogP contribution in [0.25, 0.3) is 0 Å². The van der Waals surface area contributed by atoms with Crippen LogP contribution in [0, 0.1) is 16.0 Å². The zero-order chi connectivity index (χ0) is 14.5. The molecule has 1 aromatic carbocycles. The number of carbonyl (C=O) groups excluding carboxylic acids is 1. The Hall–Kier alpha value is -1.43. The van der Waals surface area contributed by atoms with Gasteiger partial charge in [-0.25, -0.2) is 0 Å². The van der Waals surface area contributed by atoms with Crippen LogP contribution in [0.2, 0.25) is 0 Å². The molecule has 108 valence electrons. The number of hydrogen-bond donors (Lipinski definition) is 1. The van der Waals surface area contributed by atoms with E-state index in [1.54, 1.807) is 0 Å². The number of amides is 1. The highest BCUT2D eigenvalue weighted by Crippen LogP contribution is 2.29. The second-order valence-corrected chi connectivity index (χ2v) is 6.25. The lowest BCUT2D eigenvalue weighted by atomic mass is 9.89. The van der Waals surface area contributed by atoms with E-state index >= 15 is 0 Å². The summed E-state index contributed by atoms with van der Waals surface area (Å²) in [6.45, 7) is 0.645. The summed E-state index contributed by atoms with van der Waals surface area (Å²) >= 11 is 3.66. The third-order valence-electron chi connectivity index (χ3n) is 3.68. The highest BCUT2D eigenvalue weighted by Gasteiger charge is 2.23. The van der Waals surface area contributed by atoms with Crippen molar-refractivity contribution < 1.29 is 9.72 Å². The van der Waals surface area contributed by atoms with Crippen LogP contribution < -0.4 is 5.32 Å². The van der Waals surface area contributed by atoms with Crippen molar-refractivity contribution in [1.82, 2.24) is 5.32 Å². The van der Waals surface area contributed by atoms with E-state index < -0.39 is 4.92 Å². The number of benzene rings is 1. The second-order valence-electron chi connectivity index (χ2n) is 5.07. The number of hydrogen-bond acceptors (Lipinski definition) is 3. The summed E-state index contributed by atoms with van der Waals surface area (Å²) in [7, 11) is 0. The standard InChI is InChI=1S/C14H17BrN2O3/c15-13-4-2-1-3-11(13)9-16-14(18)10-5-7-12(8-6-10)17(19)20/h5-8,11,13H,1-4,9H2,(H,16,18). The highest BCUT2D eigenvalue weighted by atomic mass is 79.9. The van der Waals surface area contributed by atoms with Crippen LogP contribution in [0.4, 0.5) is 5.69 Å². The summed E-state index contributed by atoms with van der Waals surface area (Å²) in [5, 5.41) is 13.5. The van der Waals surface area contributed by atoms with Crippen molar-refractivity contribution in [2.45, 2.75) is 30.5 Å². The Bertz CT molecular complexity index is 490. The fourth-order valence-electron chi connectivity index (χ4n) is 2.45. The minimum absolute atomic E-state index is 0.00523. The third-order valence-corrected chi connectivity index (χ3v) is 4.89. The van der Waals surface area contributed by atoms with Gasteiger partial charge in [0.2, 0.25) is 0 Å². The molecule has 1 amide bonds. The Morgan fingerprint density at radius 3 is 2.55 bits per heavy atom. The van der Waals surface area contributed by atoms with Crippen LogP contribution in [0.5, 0.6) is 0 Å². The lowest BCUT2D eigenvalue weighted by molar-refractivity contribution is -0.384. The molecule has 1 fully saturated rings. The van der Waals surface area contributed by atoms with E-state index in [0.717, 1.165) is 12.8 Å². The zero-order valence-corrected chi connectivity index (χ0v) is 12.6. The van der Waals surface area contributed by atoms with Crippen LogP contribution in [0.3, 0.4) is 0 Å². The number of carbonyl (C=O) groups is 1. The molecule has 2 unspecified atom stereocenters. The van der Waals surface area contributed by atoms with Crippen molar-refractivity contribution in [1.29, 1.82) is 0 Å². The van der Waals surface area contributed by atoms with E-state index in [0.29, 0.717) is 22.9 Å². The first-order valence-electron chi connectivity index (χ1n) is 6.74. The maximum atomic E-state index is 12.0. The topological polar surface area (TPSA) is 72.2 Å². The van der Waals surface area contributed by atoms with Gasteiger partial charge in [0.25, 0.3) is 11.6 Å². The van der Waals surface area contributed by atoms with Gasteiger partial charge in [-0.1, -0.05) is 28.8 Å². The molecule has 1 saturated carbocycles. The van der Waals surface area contributed by atoms with Gasteiger partial charge in [-0.05, 0) is 30.9 Å².